The maximum Gasteiger partial charge on any atom is 0.335 e. The molecule has 0 fully saturated rings. The maximum atomic E-state index is 10.9. The normalized spacial score (nSPS) is 10.7. The van der Waals surface area contributed by atoms with Gasteiger partial charge in [-0.1, -0.05) is 12.1 Å². The fourth-order valence-electron chi connectivity index (χ4n) is 2.73. The zero-order chi connectivity index (χ0) is 21.3. The minimum atomic E-state index is -0.952. The van der Waals surface area contributed by atoms with Crippen molar-refractivity contribution in [3.8, 4) is 17.2 Å². The molecule has 0 spiro atoms. The number of hydrogen-bond acceptors (Lipinski definition) is 5. The summed E-state index contributed by atoms with van der Waals surface area (Å²) in [7, 11) is 1.58. The van der Waals surface area contributed by atoms with E-state index in [1.165, 1.54) is 0 Å². The molecule has 0 atom stereocenters. The standard InChI is InChI=1S/C24H23NO5/c1-3-29-21-11-9-20(10-12-21)25-15-18-6-13-22(23(14-18)28-2)30-16-17-4-7-19(8-5-17)24(26)27/h4-15H,3,16H2,1-2H3,(H,26,27). The van der Waals surface area contributed by atoms with E-state index in [-0.39, 0.29) is 5.56 Å². The third-order valence-corrected chi connectivity index (χ3v) is 4.29. The van der Waals surface area contributed by atoms with Crippen molar-refractivity contribution in [2.24, 2.45) is 4.99 Å². The minimum absolute atomic E-state index is 0.243. The van der Waals surface area contributed by atoms with Crippen LogP contribution in [0.5, 0.6) is 17.2 Å². The molecular weight excluding hydrogens is 382 g/mol. The highest BCUT2D eigenvalue weighted by Crippen LogP contribution is 2.29. The molecule has 0 unspecified atom stereocenters. The van der Waals surface area contributed by atoms with Gasteiger partial charge in [-0.2, -0.15) is 0 Å². The smallest absolute Gasteiger partial charge is 0.335 e. The lowest BCUT2D eigenvalue weighted by atomic mass is 10.1. The number of aliphatic imine (C=N–C) groups is 1. The van der Waals surface area contributed by atoms with Crippen molar-refractivity contribution < 1.29 is 24.1 Å². The first-order chi connectivity index (χ1) is 14.6. The molecule has 3 aromatic carbocycles. The van der Waals surface area contributed by atoms with Gasteiger partial charge in [0.15, 0.2) is 11.5 Å². The number of carbonyl (C=O) groups is 1. The Morgan fingerprint density at radius 3 is 2.33 bits per heavy atom. The summed E-state index contributed by atoms with van der Waals surface area (Å²) in [6.45, 7) is 2.88. The highest BCUT2D eigenvalue weighted by molar-refractivity contribution is 5.87. The second kappa shape index (κ2) is 10.1. The molecule has 0 heterocycles. The first-order valence-electron chi connectivity index (χ1n) is 9.49. The second-order valence-corrected chi connectivity index (χ2v) is 6.39. The average Bonchev–Trinajstić information content (AvgIpc) is 2.78. The van der Waals surface area contributed by atoms with E-state index in [1.54, 1.807) is 37.6 Å². The van der Waals surface area contributed by atoms with Crippen LogP contribution in [0.2, 0.25) is 0 Å². The van der Waals surface area contributed by atoms with Crippen LogP contribution >= 0.6 is 0 Å². The van der Waals surface area contributed by atoms with Gasteiger partial charge in [0, 0.05) is 6.21 Å². The first-order valence-corrected chi connectivity index (χ1v) is 9.49. The molecule has 0 aliphatic rings. The monoisotopic (exact) mass is 405 g/mol. The van der Waals surface area contributed by atoms with Gasteiger partial charge in [-0.15, -0.1) is 0 Å². The number of carboxylic acid groups (broad SMARTS) is 1. The van der Waals surface area contributed by atoms with Crippen LogP contribution in [0.4, 0.5) is 5.69 Å². The number of hydrogen-bond donors (Lipinski definition) is 1. The lowest BCUT2D eigenvalue weighted by molar-refractivity contribution is 0.0697. The Kier molecular flexibility index (Phi) is 7.05. The SMILES string of the molecule is CCOc1ccc(N=Cc2ccc(OCc3ccc(C(=O)O)cc3)c(OC)c2)cc1. The molecular formula is C24H23NO5. The predicted molar refractivity (Wildman–Crippen MR) is 116 cm³/mol. The molecule has 0 radical (unpaired) electrons. The van der Waals surface area contributed by atoms with Crippen molar-refractivity contribution >= 4 is 17.9 Å². The van der Waals surface area contributed by atoms with Gasteiger partial charge in [-0.3, -0.25) is 4.99 Å². The van der Waals surface area contributed by atoms with Gasteiger partial charge < -0.3 is 19.3 Å². The van der Waals surface area contributed by atoms with Crippen molar-refractivity contribution in [1.29, 1.82) is 0 Å². The third-order valence-electron chi connectivity index (χ3n) is 4.29. The number of methoxy groups -OCH3 is 1. The minimum Gasteiger partial charge on any atom is -0.494 e. The Morgan fingerprint density at radius 1 is 0.967 bits per heavy atom. The zero-order valence-electron chi connectivity index (χ0n) is 16.9. The van der Waals surface area contributed by atoms with Crippen molar-refractivity contribution in [3.05, 3.63) is 83.4 Å². The summed E-state index contributed by atoms with van der Waals surface area (Å²) >= 11 is 0. The quantitative estimate of drug-likeness (QED) is 0.500. The summed E-state index contributed by atoms with van der Waals surface area (Å²) < 4.78 is 16.7. The van der Waals surface area contributed by atoms with Crippen LogP contribution in [0.15, 0.2) is 71.7 Å². The van der Waals surface area contributed by atoms with E-state index in [1.807, 2.05) is 49.4 Å². The van der Waals surface area contributed by atoms with Gasteiger partial charge in [0.1, 0.15) is 12.4 Å². The average molecular weight is 405 g/mol. The molecule has 3 aromatic rings. The van der Waals surface area contributed by atoms with E-state index in [0.717, 1.165) is 22.6 Å². The number of ether oxygens (including phenoxy) is 3. The highest BCUT2D eigenvalue weighted by Gasteiger charge is 2.07. The molecule has 30 heavy (non-hydrogen) atoms. The molecule has 0 saturated carbocycles. The van der Waals surface area contributed by atoms with Gasteiger partial charge >= 0.3 is 5.97 Å². The van der Waals surface area contributed by atoms with Crippen LogP contribution in [0.25, 0.3) is 0 Å². The number of aromatic carboxylic acids is 1. The molecule has 0 bridgehead atoms. The summed E-state index contributed by atoms with van der Waals surface area (Å²) in [5.74, 6) is 1.05. The molecule has 3 rings (SSSR count). The van der Waals surface area contributed by atoms with Crippen molar-refractivity contribution in [3.63, 3.8) is 0 Å². The fourth-order valence-corrected chi connectivity index (χ4v) is 2.73. The summed E-state index contributed by atoms with van der Waals surface area (Å²) in [5, 5.41) is 8.96. The topological polar surface area (TPSA) is 77.4 Å². The van der Waals surface area contributed by atoms with E-state index < -0.39 is 5.97 Å². The number of carboxylic acids is 1. The Labute approximate surface area is 175 Å². The summed E-state index contributed by atoms with van der Waals surface area (Å²) in [5.41, 5.74) is 2.80. The number of benzene rings is 3. The second-order valence-electron chi connectivity index (χ2n) is 6.39. The molecule has 0 aliphatic carbocycles. The van der Waals surface area contributed by atoms with E-state index in [2.05, 4.69) is 4.99 Å². The van der Waals surface area contributed by atoms with E-state index in [0.29, 0.717) is 24.7 Å². The first kappa shape index (κ1) is 20.9. The van der Waals surface area contributed by atoms with Crippen LogP contribution in [-0.2, 0) is 6.61 Å². The van der Waals surface area contributed by atoms with E-state index >= 15 is 0 Å². The van der Waals surface area contributed by atoms with Crippen molar-refractivity contribution in [1.82, 2.24) is 0 Å². The van der Waals surface area contributed by atoms with Gasteiger partial charge in [0.2, 0.25) is 0 Å². The van der Waals surface area contributed by atoms with Crippen LogP contribution in [0.1, 0.15) is 28.4 Å². The Hall–Kier alpha value is -3.80. The Bertz CT molecular complexity index is 1010. The molecule has 1 N–H and O–H groups in total. The zero-order valence-corrected chi connectivity index (χ0v) is 16.9. The largest absolute Gasteiger partial charge is 0.494 e. The van der Waals surface area contributed by atoms with Crippen LogP contribution in [0, 0.1) is 0 Å². The van der Waals surface area contributed by atoms with E-state index in [4.69, 9.17) is 19.3 Å². The molecule has 0 aromatic heterocycles. The molecule has 0 aliphatic heterocycles. The lowest BCUT2D eigenvalue weighted by Crippen LogP contribution is -2.00. The molecule has 6 nitrogen and oxygen atoms in total. The summed E-state index contributed by atoms with van der Waals surface area (Å²) in [4.78, 5) is 15.4. The van der Waals surface area contributed by atoms with Crippen LogP contribution < -0.4 is 14.2 Å². The van der Waals surface area contributed by atoms with Crippen LogP contribution in [0.3, 0.4) is 0 Å². The fraction of sp³-hybridized carbons (Fsp3) is 0.167. The van der Waals surface area contributed by atoms with Gasteiger partial charge in [0.25, 0.3) is 0 Å². The molecule has 154 valence electrons. The Balaban J connectivity index is 1.65. The summed E-state index contributed by atoms with van der Waals surface area (Å²) in [6.07, 6.45) is 1.76. The number of nitrogens with zero attached hydrogens (tertiary/aromatic N) is 1. The predicted octanol–water partition coefficient (Wildman–Crippen LogP) is 5.12. The van der Waals surface area contributed by atoms with E-state index in [9.17, 15) is 4.79 Å². The molecule has 6 heteroatoms. The van der Waals surface area contributed by atoms with Gasteiger partial charge in [-0.25, -0.2) is 4.79 Å². The highest BCUT2D eigenvalue weighted by atomic mass is 16.5. The Morgan fingerprint density at radius 2 is 1.70 bits per heavy atom. The van der Waals surface area contributed by atoms with Crippen molar-refractivity contribution in [2.45, 2.75) is 13.5 Å². The summed E-state index contributed by atoms with van der Waals surface area (Å²) in [6, 6.07) is 19.7. The third kappa shape index (κ3) is 5.61. The van der Waals surface area contributed by atoms with Crippen molar-refractivity contribution in [2.75, 3.05) is 13.7 Å². The molecule has 0 amide bonds. The van der Waals surface area contributed by atoms with Crippen LogP contribution in [-0.4, -0.2) is 31.0 Å². The van der Waals surface area contributed by atoms with Gasteiger partial charge in [-0.05, 0) is 72.6 Å². The maximum absolute atomic E-state index is 10.9. The van der Waals surface area contributed by atoms with Gasteiger partial charge in [0.05, 0.1) is 25.0 Å². The number of rotatable bonds is 9. The molecule has 0 saturated heterocycles. The lowest BCUT2D eigenvalue weighted by Gasteiger charge is -2.11.